The minimum atomic E-state index is -0.585. The second-order valence-electron chi connectivity index (χ2n) is 6.65. The number of halogens is 1. The number of allylic oxidation sites excluding steroid dienone is 1. The monoisotopic (exact) mass is 458 g/mol. The summed E-state index contributed by atoms with van der Waals surface area (Å²) in [4.78, 5) is 24.3. The van der Waals surface area contributed by atoms with Crippen LogP contribution in [-0.2, 0) is 11.4 Å². The molecule has 152 valence electrons. The lowest BCUT2D eigenvalue weighted by molar-refractivity contribution is -0.114. The number of rotatable bonds is 7. The van der Waals surface area contributed by atoms with E-state index in [2.05, 4.69) is 26.6 Å². The zero-order valence-corrected chi connectivity index (χ0v) is 18.1. The van der Waals surface area contributed by atoms with Gasteiger partial charge in [-0.25, -0.2) is 4.79 Å². The number of benzene rings is 2. The zero-order valence-electron chi connectivity index (χ0n) is 16.5. The molecule has 0 aliphatic carbocycles. The van der Waals surface area contributed by atoms with Gasteiger partial charge >= 0.3 is 6.03 Å². The van der Waals surface area contributed by atoms with Gasteiger partial charge in [-0.2, -0.15) is 0 Å². The molecule has 0 unspecified atom stereocenters. The molecular weight excluding hydrogens is 436 g/mol. The summed E-state index contributed by atoms with van der Waals surface area (Å²) in [5.74, 6) is 1.01. The molecule has 3 rings (SSSR count). The molecule has 2 N–H and O–H groups in total. The fraction of sp³-hybridized carbons (Fsp3) is 0.273. The van der Waals surface area contributed by atoms with Crippen LogP contribution in [0.3, 0.4) is 0 Å². The van der Waals surface area contributed by atoms with Crippen molar-refractivity contribution < 1.29 is 19.1 Å². The third-order valence-corrected chi connectivity index (χ3v) is 5.25. The van der Waals surface area contributed by atoms with E-state index in [-0.39, 0.29) is 11.8 Å². The van der Waals surface area contributed by atoms with Crippen molar-refractivity contribution in [3.8, 4) is 11.5 Å². The molecule has 1 heterocycles. The predicted octanol–water partition coefficient (Wildman–Crippen LogP) is 4.64. The summed E-state index contributed by atoms with van der Waals surface area (Å²) in [7, 11) is 0. The SMILES string of the molecule is CCOc1cc([C@@H]2NC(=O)NC(C)=C2C(C)=O)c(Br)cc1OCc1ccccc1. The molecule has 0 saturated carbocycles. The van der Waals surface area contributed by atoms with Crippen LogP contribution in [-0.4, -0.2) is 18.4 Å². The second-order valence-corrected chi connectivity index (χ2v) is 7.51. The van der Waals surface area contributed by atoms with E-state index in [0.717, 1.165) is 11.1 Å². The van der Waals surface area contributed by atoms with Crippen LogP contribution in [0.25, 0.3) is 0 Å². The molecular formula is C22H23BrN2O4. The molecule has 0 bridgehead atoms. The lowest BCUT2D eigenvalue weighted by atomic mass is 9.93. The van der Waals surface area contributed by atoms with Gasteiger partial charge in [0, 0.05) is 15.7 Å². The molecule has 2 aromatic carbocycles. The fourth-order valence-electron chi connectivity index (χ4n) is 3.28. The Morgan fingerprint density at radius 1 is 1.14 bits per heavy atom. The number of amides is 2. The number of carbonyl (C=O) groups is 2. The fourth-order valence-corrected chi connectivity index (χ4v) is 3.83. The van der Waals surface area contributed by atoms with Gasteiger partial charge in [0.15, 0.2) is 17.3 Å². The summed E-state index contributed by atoms with van der Waals surface area (Å²) < 4.78 is 12.5. The molecule has 29 heavy (non-hydrogen) atoms. The van der Waals surface area contributed by atoms with Crippen LogP contribution in [0, 0.1) is 0 Å². The molecule has 6 nitrogen and oxygen atoms in total. The van der Waals surface area contributed by atoms with Crippen molar-refractivity contribution >= 4 is 27.7 Å². The third-order valence-electron chi connectivity index (χ3n) is 4.56. The summed E-state index contributed by atoms with van der Waals surface area (Å²) in [6.45, 7) is 5.95. The molecule has 0 fully saturated rings. The second kappa shape index (κ2) is 9.13. The molecule has 0 radical (unpaired) electrons. The lowest BCUT2D eigenvalue weighted by Gasteiger charge is -2.29. The van der Waals surface area contributed by atoms with Gasteiger partial charge in [-0.3, -0.25) is 4.79 Å². The molecule has 1 aliphatic rings. The van der Waals surface area contributed by atoms with Crippen molar-refractivity contribution in [3.05, 3.63) is 69.3 Å². The third kappa shape index (κ3) is 4.79. The maximum Gasteiger partial charge on any atom is 0.319 e. The highest BCUT2D eigenvalue weighted by molar-refractivity contribution is 9.10. The van der Waals surface area contributed by atoms with Gasteiger partial charge in [-0.15, -0.1) is 0 Å². The maximum absolute atomic E-state index is 12.2. The first-order valence-electron chi connectivity index (χ1n) is 9.32. The molecule has 0 aromatic heterocycles. The Labute approximate surface area is 178 Å². The Hall–Kier alpha value is -2.80. The van der Waals surface area contributed by atoms with Gasteiger partial charge in [0.25, 0.3) is 0 Å². The van der Waals surface area contributed by atoms with Gasteiger partial charge in [0.1, 0.15) is 6.61 Å². The molecule has 0 spiro atoms. The van der Waals surface area contributed by atoms with Crippen molar-refractivity contribution in [2.45, 2.75) is 33.4 Å². The molecule has 2 aromatic rings. The van der Waals surface area contributed by atoms with Crippen LogP contribution in [0.1, 0.15) is 37.9 Å². The molecule has 7 heteroatoms. The van der Waals surface area contributed by atoms with Crippen LogP contribution < -0.4 is 20.1 Å². The first kappa shape index (κ1) is 20.9. The van der Waals surface area contributed by atoms with E-state index in [1.807, 2.05) is 43.3 Å². The predicted molar refractivity (Wildman–Crippen MR) is 114 cm³/mol. The van der Waals surface area contributed by atoms with E-state index >= 15 is 0 Å². The number of nitrogens with one attached hydrogen (secondary N) is 2. The van der Waals surface area contributed by atoms with Gasteiger partial charge in [-0.1, -0.05) is 46.3 Å². The molecule has 2 amide bonds. The molecule has 1 aliphatic heterocycles. The van der Waals surface area contributed by atoms with E-state index < -0.39 is 6.04 Å². The Balaban J connectivity index is 1.98. The van der Waals surface area contributed by atoms with E-state index in [1.165, 1.54) is 6.92 Å². The minimum Gasteiger partial charge on any atom is -0.490 e. The first-order chi connectivity index (χ1) is 13.9. The Bertz CT molecular complexity index is 957. The average Bonchev–Trinajstić information content (AvgIpc) is 2.67. The number of ketones is 1. The largest absolute Gasteiger partial charge is 0.490 e. The first-order valence-corrected chi connectivity index (χ1v) is 10.1. The smallest absolute Gasteiger partial charge is 0.319 e. The van der Waals surface area contributed by atoms with E-state index in [0.29, 0.717) is 40.5 Å². The Morgan fingerprint density at radius 3 is 2.48 bits per heavy atom. The number of ether oxygens (including phenoxy) is 2. The molecule has 0 saturated heterocycles. The van der Waals surface area contributed by atoms with Gasteiger partial charge < -0.3 is 20.1 Å². The van der Waals surface area contributed by atoms with E-state index in [4.69, 9.17) is 9.47 Å². The lowest BCUT2D eigenvalue weighted by Crippen LogP contribution is -2.44. The standard InChI is InChI=1S/C22H23BrN2O4/c1-4-28-18-10-16(21-20(14(3)26)13(2)24-22(27)25-21)17(23)11-19(18)29-12-15-8-6-5-7-9-15/h5-11,21H,4,12H2,1-3H3,(H2,24,25,27)/t21-/m0/s1. The van der Waals surface area contributed by atoms with Gasteiger partial charge in [0.2, 0.25) is 0 Å². The quantitative estimate of drug-likeness (QED) is 0.633. The summed E-state index contributed by atoms with van der Waals surface area (Å²) >= 11 is 3.57. The number of hydrogen-bond donors (Lipinski definition) is 2. The topological polar surface area (TPSA) is 76.7 Å². The van der Waals surface area contributed by atoms with Crippen LogP contribution in [0.2, 0.25) is 0 Å². The van der Waals surface area contributed by atoms with Crippen molar-refractivity contribution in [2.24, 2.45) is 0 Å². The van der Waals surface area contributed by atoms with Crippen LogP contribution in [0.15, 0.2) is 58.2 Å². The maximum atomic E-state index is 12.2. The van der Waals surface area contributed by atoms with E-state index in [1.54, 1.807) is 13.0 Å². The number of Topliss-reactive ketones (excluding diaryl/α,β-unsaturated/α-hetero) is 1. The highest BCUT2D eigenvalue weighted by Gasteiger charge is 2.31. The summed E-state index contributed by atoms with van der Waals surface area (Å²) in [6.07, 6.45) is 0. The summed E-state index contributed by atoms with van der Waals surface area (Å²) in [6, 6.07) is 12.5. The number of carbonyl (C=O) groups excluding carboxylic acids is 2. The van der Waals surface area contributed by atoms with E-state index in [9.17, 15) is 9.59 Å². The zero-order chi connectivity index (χ0) is 21.0. The van der Waals surface area contributed by atoms with Crippen molar-refractivity contribution in [3.63, 3.8) is 0 Å². The average molecular weight is 459 g/mol. The highest BCUT2D eigenvalue weighted by atomic mass is 79.9. The van der Waals surface area contributed by atoms with Crippen molar-refractivity contribution in [1.82, 2.24) is 10.6 Å². The summed E-state index contributed by atoms with van der Waals surface area (Å²) in [5, 5.41) is 5.48. The number of urea groups is 1. The van der Waals surface area contributed by atoms with Crippen LogP contribution in [0.4, 0.5) is 4.79 Å². The van der Waals surface area contributed by atoms with Crippen molar-refractivity contribution in [1.29, 1.82) is 0 Å². The number of hydrogen-bond acceptors (Lipinski definition) is 4. The Morgan fingerprint density at radius 2 is 1.83 bits per heavy atom. The molecule has 1 atom stereocenters. The van der Waals surface area contributed by atoms with Crippen LogP contribution >= 0.6 is 15.9 Å². The van der Waals surface area contributed by atoms with Gasteiger partial charge in [-0.05, 0) is 44.0 Å². The van der Waals surface area contributed by atoms with Gasteiger partial charge in [0.05, 0.1) is 12.6 Å². The Kier molecular flexibility index (Phi) is 6.59. The normalized spacial score (nSPS) is 16.1. The summed E-state index contributed by atoms with van der Waals surface area (Å²) in [5.41, 5.74) is 2.81. The van der Waals surface area contributed by atoms with Crippen LogP contribution in [0.5, 0.6) is 11.5 Å². The highest BCUT2D eigenvalue weighted by Crippen LogP contribution is 2.40. The minimum absolute atomic E-state index is 0.116. The van der Waals surface area contributed by atoms with Crippen molar-refractivity contribution in [2.75, 3.05) is 6.61 Å².